The highest BCUT2D eigenvalue weighted by molar-refractivity contribution is 5.21. The van der Waals surface area contributed by atoms with E-state index in [2.05, 4.69) is 21.0 Å². The van der Waals surface area contributed by atoms with Crippen LogP contribution in [0.1, 0.15) is 29.2 Å². The first-order chi connectivity index (χ1) is 12.2. The van der Waals surface area contributed by atoms with Crippen LogP contribution in [-0.2, 0) is 17.8 Å². The molecule has 2 saturated heterocycles. The fraction of sp³-hybridized carbons (Fsp3) is 0.632. The van der Waals surface area contributed by atoms with Crippen molar-refractivity contribution in [3.05, 3.63) is 41.2 Å². The minimum absolute atomic E-state index is 0.340. The lowest BCUT2D eigenvalue weighted by Gasteiger charge is -2.41. The first kappa shape index (κ1) is 16.8. The van der Waals surface area contributed by atoms with E-state index in [1.54, 1.807) is 6.26 Å². The molecular weight excluding hydrogens is 318 g/mol. The molecule has 2 fully saturated rings. The summed E-state index contributed by atoms with van der Waals surface area (Å²) < 4.78 is 16.7. The summed E-state index contributed by atoms with van der Waals surface area (Å²) in [5.41, 5.74) is 2.24. The highest BCUT2D eigenvalue weighted by atomic mass is 16.5. The Hall–Kier alpha value is -1.63. The number of piperidine rings is 1. The average Bonchev–Trinajstić information content (AvgIpc) is 3.32. The van der Waals surface area contributed by atoms with Gasteiger partial charge in [-0.05, 0) is 32.4 Å². The summed E-state index contributed by atoms with van der Waals surface area (Å²) >= 11 is 0. The number of aryl methyl sites for hydroxylation is 2. The van der Waals surface area contributed by atoms with Crippen LogP contribution in [0.5, 0.6) is 0 Å². The zero-order chi connectivity index (χ0) is 17.4. The van der Waals surface area contributed by atoms with Crippen LogP contribution in [-0.4, -0.2) is 53.8 Å². The molecule has 136 valence electrons. The highest BCUT2D eigenvalue weighted by Gasteiger charge is 2.44. The zero-order valence-corrected chi connectivity index (χ0v) is 15.3. The van der Waals surface area contributed by atoms with Crippen LogP contribution < -0.4 is 0 Å². The molecule has 6 nitrogen and oxygen atoms in total. The molecule has 4 heterocycles. The fourth-order valence-corrected chi connectivity index (χ4v) is 4.49. The van der Waals surface area contributed by atoms with Gasteiger partial charge >= 0.3 is 0 Å². The van der Waals surface area contributed by atoms with E-state index in [9.17, 15) is 0 Å². The molecule has 0 spiro atoms. The minimum Gasteiger partial charge on any atom is -0.468 e. The summed E-state index contributed by atoms with van der Waals surface area (Å²) in [5.74, 6) is 2.51. The molecule has 0 N–H and O–H groups in total. The average molecular weight is 345 g/mol. The number of nitrogens with zero attached hydrogens (tertiary/aromatic N) is 3. The molecule has 0 bridgehead atoms. The zero-order valence-electron chi connectivity index (χ0n) is 15.3. The van der Waals surface area contributed by atoms with Gasteiger partial charge in [-0.2, -0.15) is 0 Å². The number of ether oxygens (including phenoxy) is 1. The van der Waals surface area contributed by atoms with E-state index in [1.807, 2.05) is 27.0 Å². The lowest BCUT2D eigenvalue weighted by atomic mass is 9.88. The van der Waals surface area contributed by atoms with Crippen LogP contribution in [0.25, 0.3) is 0 Å². The van der Waals surface area contributed by atoms with Crippen molar-refractivity contribution >= 4 is 0 Å². The molecule has 3 atom stereocenters. The van der Waals surface area contributed by atoms with Crippen molar-refractivity contribution in [2.24, 2.45) is 5.92 Å². The number of furan rings is 1. The van der Waals surface area contributed by atoms with Crippen molar-refractivity contribution in [1.82, 2.24) is 15.0 Å². The van der Waals surface area contributed by atoms with E-state index in [-0.39, 0.29) is 0 Å². The number of fused-ring (bicyclic) bond motifs is 1. The molecule has 0 saturated carbocycles. The monoisotopic (exact) mass is 345 g/mol. The third kappa shape index (κ3) is 3.26. The summed E-state index contributed by atoms with van der Waals surface area (Å²) in [5, 5.41) is 4.11. The fourth-order valence-electron chi connectivity index (χ4n) is 4.49. The van der Waals surface area contributed by atoms with Gasteiger partial charge in [0.2, 0.25) is 0 Å². The SMILES string of the molecule is CO[C@@H]1CCN(Cc2c(C)noc2C)[C@@H]2CN(Cc3ccco3)C[C@@H]21. The summed E-state index contributed by atoms with van der Waals surface area (Å²) in [6.45, 7) is 8.98. The van der Waals surface area contributed by atoms with Gasteiger partial charge in [0.05, 0.1) is 24.6 Å². The maximum Gasteiger partial charge on any atom is 0.138 e. The van der Waals surface area contributed by atoms with Crippen molar-refractivity contribution < 1.29 is 13.7 Å². The molecule has 0 aromatic carbocycles. The number of rotatable bonds is 5. The normalized spacial score (nSPS) is 27.7. The van der Waals surface area contributed by atoms with Crippen LogP contribution >= 0.6 is 0 Å². The van der Waals surface area contributed by atoms with Crippen molar-refractivity contribution in [2.75, 3.05) is 26.7 Å². The van der Waals surface area contributed by atoms with Gasteiger partial charge in [-0.15, -0.1) is 0 Å². The van der Waals surface area contributed by atoms with Crippen molar-refractivity contribution in [3.63, 3.8) is 0 Å². The Morgan fingerprint density at radius 2 is 2.16 bits per heavy atom. The lowest BCUT2D eigenvalue weighted by molar-refractivity contribution is -0.0246. The van der Waals surface area contributed by atoms with E-state index >= 15 is 0 Å². The molecule has 0 aliphatic carbocycles. The van der Waals surface area contributed by atoms with Crippen molar-refractivity contribution in [1.29, 1.82) is 0 Å². The highest BCUT2D eigenvalue weighted by Crippen LogP contribution is 2.34. The maximum absolute atomic E-state index is 5.81. The molecule has 0 amide bonds. The number of aromatic nitrogens is 1. The number of hydrogen-bond donors (Lipinski definition) is 0. The predicted octanol–water partition coefficient (Wildman–Crippen LogP) is 2.61. The number of methoxy groups -OCH3 is 1. The Kier molecular flexibility index (Phi) is 4.67. The Balaban J connectivity index is 1.50. The van der Waals surface area contributed by atoms with Crippen molar-refractivity contribution in [3.8, 4) is 0 Å². The second-order valence-electron chi connectivity index (χ2n) is 7.34. The van der Waals surface area contributed by atoms with Crippen LogP contribution in [0, 0.1) is 19.8 Å². The van der Waals surface area contributed by atoms with Crippen LogP contribution in [0.3, 0.4) is 0 Å². The van der Waals surface area contributed by atoms with Crippen molar-refractivity contribution in [2.45, 2.75) is 45.5 Å². The van der Waals surface area contributed by atoms with Gasteiger partial charge in [-0.1, -0.05) is 5.16 Å². The minimum atomic E-state index is 0.340. The van der Waals surface area contributed by atoms with E-state index in [1.165, 1.54) is 5.56 Å². The Bertz CT molecular complexity index is 677. The topological polar surface area (TPSA) is 54.9 Å². The molecule has 0 radical (unpaired) electrons. The second kappa shape index (κ2) is 6.94. The van der Waals surface area contributed by atoms with E-state index in [0.29, 0.717) is 18.1 Å². The molecular formula is C19H27N3O3. The summed E-state index contributed by atoms with van der Waals surface area (Å²) in [4.78, 5) is 5.08. The summed E-state index contributed by atoms with van der Waals surface area (Å²) in [7, 11) is 1.85. The molecule has 2 aromatic rings. The molecule has 2 aliphatic rings. The van der Waals surface area contributed by atoms with Gasteiger partial charge in [-0.3, -0.25) is 9.80 Å². The van der Waals surface area contributed by atoms with Gasteiger partial charge < -0.3 is 13.7 Å². The molecule has 2 aliphatic heterocycles. The first-order valence-corrected chi connectivity index (χ1v) is 9.09. The maximum atomic E-state index is 5.81. The van der Waals surface area contributed by atoms with Gasteiger partial charge in [-0.25, -0.2) is 0 Å². The lowest BCUT2D eigenvalue weighted by Crippen LogP contribution is -2.50. The Labute approximate surface area is 148 Å². The second-order valence-corrected chi connectivity index (χ2v) is 7.34. The Morgan fingerprint density at radius 1 is 1.28 bits per heavy atom. The number of hydrogen-bond acceptors (Lipinski definition) is 6. The summed E-state index contributed by atoms with van der Waals surface area (Å²) in [6, 6.07) is 4.51. The standard InChI is InChI=1S/C19H27N3O3/c1-13-16(14(2)25-20-13)11-22-7-6-19(23-3)17-10-21(12-18(17)22)9-15-5-4-8-24-15/h4-5,8,17-19H,6-7,9-12H2,1-3H3/t17-,18+,19+/m0/s1. The quantitative estimate of drug-likeness (QED) is 0.830. The van der Waals surface area contributed by atoms with Crippen LogP contribution in [0.2, 0.25) is 0 Å². The van der Waals surface area contributed by atoms with E-state index < -0.39 is 0 Å². The van der Waals surface area contributed by atoms with Crippen LogP contribution in [0.15, 0.2) is 27.3 Å². The Morgan fingerprint density at radius 3 is 2.84 bits per heavy atom. The molecule has 2 aromatic heterocycles. The van der Waals surface area contributed by atoms with E-state index in [0.717, 1.165) is 56.4 Å². The van der Waals surface area contributed by atoms with Gasteiger partial charge in [0, 0.05) is 50.8 Å². The third-order valence-electron chi connectivity index (χ3n) is 5.86. The van der Waals surface area contributed by atoms with E-state index in [4.69, 9.17) is 13.7 Å². The predicted molar refractivity (Wildman–Crippen MR) is 93.1 cm³/mol. The van der Waals surface area contributed by atoms with Gasteiger partial charge in [0.15, 0.2) is 0 Å². The molecule has 25 heavy (non-hydrogen) atoms. The van der Waals surface area contributed by atoms with Gasteiger partial charge in [0.25, 0.3) is 0 Å². The molecule has 6 heteroatoms. The molecule has 0 unspecified atom stereocenters. The smallest absolute Gasteiger partial charge is 0.138 e. The summed E-state index contributed by atoms with van der Waals surface area (Å²) in [6.07, 6.45) is 3.17. The van der Waals surface area contributed by atoms with Gasteiger partial charge in [0.1, 0.15) is 11.5 Å². The first-order valence-electron chi connectivity index (χ1n) is 9.09. The third-order valence-corrected chi connectivity index (χ3v) is 5.86. The number of likely N-dealkylation sites (tertiary alicyclic amines) is 2. The van der Waals surface area contributed by atoms with Crippen LogP contribution in [0.4, 0.5) is 0 Å². The molecule has 4 rings (SSSR count). The largest absolute Gasteiger partial charge is 0.468 e.